The molecule has 26 heavy (non-hydrogen) atoms. The lowest BCUT2D eigenvalue weighted by molar-refractivity contribution is -0.645. The Labute approximate surface area is 168 Å². The number of nitrogens with two attached hydrogens (primary N) is 1. The molecule has 1 aromatic heterocycles. The highest BCUT2D eigenvalue weighted by atomic mass is 35.5. The van der Waals surface area contributed by atoms with Gasteiger partial charge < -0.3 is 15.0 Å². The van der Waals surface area contributed by atoms with Gasteiger partial charge in [0.15, 0.2) is 6.54 Å². The number of fused-ring (bicyclic) bond motifs is 1. The van der Waals surface area contributed by atoms with Crippen molar-refractivity contribution in [1.29, 1.82) is 0 Å². The minimum Gasteiger partial charge on any atom is -0.384 e. The van der Waals surface area contributed by atoms with Crippen LogP contribution in [0.5, 0.6) is 0 Å². The lowest BCUT2D eigenvalue weighted by Crippen LogP contribution is -2.87. The number of carbonyl (C=O) groups excluding carboxylic acids is 1. The summed E-state index contributed by atoms with van der Waals surface area (Å²) in [7, 11) is 1.69. The number of quaternary nitrogens is 1. The Bertz CT molecular complexity index is 766. The van der Waals surface area contributed by atoms with E-state index in [0.717, 1.165) is 31.6 Å². The third-order valence-corrected chi connectivity index (χ3v) is 6.18. The summed E-state index contributed by atoms with van der Waals surface area (Å²) >= 11 is 14.3. The van der Waals surface area contributed by atoms with E-state index in [-0.39, 0.29) is 11.9 Å². The molecule has 0 fully saturated rings. The number of nitrogens with zero attached hydrogens (tertiary/aromatic N) is 1. The molecule has 1 amide bonds. The molecule has 0 unspecified atom stereocenters. The fraction of sp³-hybridized carbons (Fsp3) is 0.421. The Morgan fingerprint density at radius 2 is 2.19 bits per heavy atom. The molecule has 0 aliphatic carbocycles. The van der Waals surface area contributed by atoms with E-state index in [2.05, 4.69) is 11.4 Å². The van der Waals surface area contributed by atoms with Gasteiger partial charge >= 0.3 is 0 Å². The quantitative estimate of drug-likeness (QED) is 0.708. The second kappa shape index (κ2) is 9.20. The molecule has 2 heterocycles. The first-order valence-electron chi connectivity index (χ1n) is 8.73. The molecule has 3 rings (SSSR count). The van der Waals surface area contributed by atoms with Gasteiger partial charge in [-0.1, -0.05) is 29.3 Å². The van der Waals surface area contributed by atoms with Gasteiger partial charge in [0.05, 0.1) is 19.2 Å². The maximum atomic E-state index is 12.9. The molecule has 2 N–H and O–H groups in total. The van der Waals surface area contributed by atoms with E-state index in [1.54, 1.807) is 24.5 Å². The molecule has 0 radical (unpaired) electrons. The standard InChI is InChI=1S/C19H22Cl2N2O2S/c1-25-9-2-7-22-12-18(24)23-8-5-17-15(6-10-26-17)19(23)14-4-3-13(20)11-16(14)21/h3-4,6,10-11,19,22H,2,5,7-9,12H2,1H3/p+1/t19-/m0/s1. The van der Waals surface area contributed by atoms with Gasteiger partial charge in [-0.25, -0.2) is 0 Å². The summed E-state index contributed by atoms with van der Waals surface area (Å²) in [5.41, 5.74) is 2.11. The van der Waals surface area contributed by atoms with Gasteiger partial charge in [-0.05, 0) is 41.1 Å². The van der Waals surface area contributed by atoms with Gasteiger partial charge in [0.1, 0.15) is 0 Å². The van der Waals surface area contributed by atoms with Crippen LogP contribution in [0.25, 0.3) is 0 Å². The number of amides is 1. The molecule has 7 heteroatoms. The van der Waals surface area contributed by atoms with Gasteiger partial charge in [0.2, 0.25) is 0 Å². The average Bonchev–Trinajstić information content (AvgIpc) is 3.10. The minimum atomic E-state index is -0.144. The first-order chi connectivity index (χ1) is 12.6. The lowest BCUT2D eigenvalue weighted by atomic mass is 9.93. The molecule has 1 aliphatic rings. The van der Waals surface area contributed by atoms with Crippen molar-refractivity contribution in [3.63, 3.8) is 0 Å². The fourth-order valence-electron chi connectivity index (χ4n) is 3.36. The molecule has 1 aromatic carbocycles. The van der Waals surface area contributed by atoms with Crippen LogP contribution in [-0.2, 0) is 16.0 Å². The number of hydrogen-bond acceptors (Lipinski definition) is 3. The fourth-order valence-corrected chi connectivity index (χ4v) is 4.77. The van der Waals surface area contributed by atoms with Gasteiger partial charge in [-0.15, -0.1) is 11.3 Å². The maximum absolute atomic E-state index is 12.9. The van der Waals surface area contributed by atoms with E-state index in [0.29, 0.717) is 23.1 Å². The molecule has 0 saturated carbocycles. The molecule has 140 valence electrons. The lowest BCUT2D eigenvalue weighted by Gasteiger charge is -2.36. The monoisotopic (exact) mass is 413 g/mol. The van der Waals surface area contributed by atoms with Crippen LogP contribution in [0.1, 0.15) is 28.5 Å². The third kappa shape index (κ3) is 4.41. The smallest absolute Gasteiger partial charge is 0.278 e. The van der Waals surface area contributed by atoms with E-state index < -0.39 is 0 Å². The highest BCUT2D eigenvalue weighted by molar-refractivity contribution is 7.10. The summed E-state index contributed by atoms with van der Waals surface area (Å²) < 4.78 is 5.05. The second-order valence-corrected chi connectivity index (χ2v) is 8.18. The number of thiophene rings is 1. The molecule has 0 spiro atoms. The number of hydrogen-bond donors (Lipinski definition) is 1. The van der Waals surface area contributed by atoms with Crippen molar-refractivity contribution >= 4 is 40.4 Å². The van der Waals surface area contributed by atoms with Crippen LogP contribution in [-0.4, -0.2) is 44.2 Å². The van der Waals surface area contributed by atoms with E-state index in [1.807, 2.05) is 22.3 Å². The van der Waals surface area contributed by atoms with E-state index in [1.165, 1.54) is 10.4 Å². The molecule has 4 nitrogen and oxygen atoms in total. The van der Waals surface area contributed by atoms with Crippen LogP contribution in [0.4, 0.5) is 0 Å². The van der Waals surface area contributed by atoms with Gasteiger partial charge in [-0.3, -0.25) is 4.79 Å². The Hall–Kier alpha value is -1.11. The van der Waals surface area contributed by atoms with Crippen LogP contribution in [0.3, 0.4) is 0 Å². The van der Waals surface area contributed by atoms with Crippen molar-refractivity contribution < 1.29 is 14.8 Å². The zero-order valence-electron chi connectivity index (χ0n) is 14.7. The molecule has 0 saturated heterocycles. The average molecular weight is 414 g/mol. The molecule has 0 bridgehead atoms. The van der Waals surface area contributed by atoms with Crippen molar-refractivity contribution in [1.82, 2.24) is 4.90 Å². The Balaban J connectivity index is 1.81. The van der Waals surface area contributed by atoms with E-state index in [9.17, 15) is 4.79 Å². The number of rotatable bonds is 7. The highest BCUT2D eigenvalue weighted by Gasteiger charge is 2.34. The van der Waals surface area contributed by atoms with Crippen LogP contribution in [0.15, 0.2) is 29.6 Å². The van der Waals surface area contributed by atoms with Crippen molar-refractivity contribution in [3.05, 3.63) is 55.7 Å². The van der Waals surface area contributed by atoms with Crippen LogP contribution in [0.2, 0.25) is 10.0 Å². The predicted molar refractivity (Wildman–Crippen MR) is 106 cm³/mol. The number of halogens is 2. The topological polar surface area (TPSA) is 46.1 Å². The number of carbonyl (C=O) groups is 1. The van der Waals surface area contributed by atoms with Crippen LogP contribution in [0, 0.1) is 0 Å². The molecule has 1 aliphatic heterocycles. The summed E-state index contributed by atoms with van der Waals surface area (Å²) in [6, 6.07) is 7.48. The summed E-state index contributed by atoms with van der Waals surface area (Å²) in [5.74, 6) is 0.135. The first-order valence-corrected chi connectivity index (χ1v) is 10.4. The van der Waals surface area contributed by atoms with Crippen molar-refractivity contribution in [3.8, 4) is 0 Å². The summed E-state index contributed by atoms with van der Waals surface area (Å²) in [4.78, 5) is 16.2. The number of benzene rings is 1. The number of methoxy groups -OCH3 is 1. The normalized spacial score (nSPS) is 16.6. The van der Waals surface area contributed by atoms with Crippen LogP contribution >= 0.6 is 34.5 Å². The largest absolute Gasteiger partial charge is 0.384 e. The van der Waals surface area contributed by atoms with Crippen molar-refractivity contribution in [2.24, 2.45) is 0 Å². The van der Waals surface area contributed by atoms with E-state index >= 15 is 0 Å². The van der Waals surface area contributed by atoms with Crippen molar-refractivity contribution in [2.45, 2.75) is 18.9 Å². The summed E-state index contributed by atoms with van der Waals surface area (Å²) in [6.07, 6.45) is 1.83. The maximum Gasteiger partial charge on any atom is 0.278 e. The second-order valence-electron chi connectivity index (χ2n) is 6.33. The van der Waals surface area contributed by atoms with Gasteiger partial charge in [0, 0.05) is 35.0 Å². The summed E-state index contributed by atoms with van der Waals surface area (Å²) in [5, 5.41) is 5.34. The summed E-state index contributed by atoms with van der Waals surface area (Å²) in [6.45, 7) is 2.74. The minimum absolute atomic E-state index is 0.135. The highest BCUT2D eigenvalue weighted by Crippen LogP contribution is 2.40. The zero-order valence-corrected chi connectivity index (χ0v) is 17.0. The first kappa shape index (κ1) is 19.6. The SMILES string of the molecule is COCCC[NH2+]CC(=O)N1CCc2sccc2[C@@H]1c1ccc(Cl)cc1Cl. The Morgan fingerprint density at radius 1 is 1.35 bits per heavy atom. The van der Waals surface area contributed by atoms with Crippen LogP contribution < -0.4 is 5.32 Å². The number of ether oxygens (including phenoxy) is 1. The van der Waals surface area contributed by atoms with Crippen molar-refractivity contribution in [2.75, 3.05) is 33.4 Å². The third-order valence-electron chi connectivity index (χ3n) is 4.62. The zero-order chi connectivity index (χ0) is 18.5. The molecule has 2 aromatic rings. The van der Waals surface area contributed by atoms with E-state index in [4.69, 9.17) is 27.9 Å². The molecular weight excluding hydrogens is 391 g/mol. The molecule has 1 atom stereocenters. The van der Waals surface area contributed by atoms with Gasteiger partial charge in [0.25, 0.3) is 5.91 Å². The Morgan fingerprint density at radius 3 is 2.96 bits per heavy atom. The van der Waals surface area contributed by atoms with Gasteiger partial charge in [-0.2, -0.15) is 0 Å². The molecular formula is C19H23Cl2N2O2S+. The Kier molecular flexibility index (Phi) is 6.95. The predicted octanol–water partition coefficient (Wildman–Crippen LogP) is 3.13.